The van der Waals surface area contributed by atoms with E-state index in [2.05, 4.69) is 15.4 Å². The van der Waals surface area contributed by atoms with Gasteiger partial charge in [-0.05, 0) is 38.8 Å². The molecule has 1 aliphatic rings. The molecule has 2 aromatic rings. The molecule has 1 N–H and O–H groups in total. The molecular weight excluding hydrogens is 371 g/mol. The first-order chi connectivity index (χ1) is 13.2. The van der Waals surface area contributed by atoms with Gasteiger partial charge in [0.2, 0.25) is 5.91 Å². The van der Waals surface area contributed by atoms with Gasteiger partial charge in [0.25, 0.3) is 0 Å². The van der Waals surface area contributed by atoms with Gasteiger partial charge in [-0.15, -0.1) is 0 Å². The molecule has 9 heteroatoms. The van der Waals surface area contributed by atoms with Crippen LogP contribution in [0.4, 0.5) is 19.0 Å². The van der Waals surface area contributed by atoms with Crippen molar-refractivity contribution in [2.45, 2.75) is 38.9 Å². The molecule has 1 atom stereocenters. The van der Waals surface area contributed by atoms with Crippen molar-refractivity contribution < 1.29 is 18.0 Å². The fourth-order valence-electron chi connectivity index (χ4n) is 3.46. The topological polar surface area (TPSA) is 63.1 Å². The molecule has 0 aromatic carbocycles. The van der Waals surface area contributed by atoms with Crippen molar-refractivity contribution in [3.63, 3.8) is 0 Å². The molecule has 1 aliphatic heterocycles. The molecule has 28 heavy (non-hydrogen) atoms. The van der Waals surface area contributed by atoms with E-state index in [0.29, 0.717) is 31.7 Å². The molecule has 1 unspecified atom stereocenters. The highest BCUT2D eigenvalue weighted by Crippen LogP contribution is 2.30. The zero-order chi connectivity index (χ0) is 20.5. The van der Waals surface area contributed by atoms with Crippen LogP contribution in [0.2, 0.25) is 0 Å². The van der Waals surface area contributed by atoms with Gasteiger partial charge in [0.05, 0.1) is 17.8 Å². The number of aromatic nitrogens is 3. The van der Waals surface area contributed by atoms with Crippen molar-refractivity contribution in [3.05, 3.63) is 41.3 Å². The first-order valence-electron chi connectivity index (χ1n) is 9.24. The van der Waals surface area contributed by atoms with Gasteiger partial charge in [0.1, 0.15) is 5.82 Å². The number of amides is 1. The van der Waals surface area contributed by atoms with E-state index >= 15 is 0 Å². The molecule has 3 rings (SSSR count). The van der Waals surface area contributed by atoms with E-state index in [-0.39, 0.29) is 17.9 Å². The van der Waals surface area contributed by atoms with Crippen molar-refractivity contribution in [1.29, 1.82) is 0 Å². The van der Waals surface area contributed by atoms with Gasteiger partial charge in [-0.1, -0.05) is 0 Å². The van der Waals surface area contributed by atoms with Gasteiger partial charge in [0, 0.05) is 43.5 Å². The van der Waals surface area contributed by atoms with Crippen molar-refractivity contribution in [3.8, 4) is 0 Å². The molecule has 0 bridgehead atoms. The highest BCUT2D eigenvalue weighted by molar-refractivity contribution is 5.79. The maximum atomic E-state index is 12.7. The van der Waals surface area contributed by atoms with Crippen LogP contribution < -0.4 is 10.2 Å². The Kier molecular flexibility index (Phi) is 5.62. The van der Waals surface area contributed by atoms with Gasteiger partial charge in [-0.25, -0.2) is 4.98 Å². The largest absolute Gasteiger partial charge is 0.417 e. The second kappa shape index (κ2) is 7.81. The summed E-state index contributed by atoms with van der Waals surface area (Å²) in [5.41, 5.74) is 1.24. The normalized spacial score (nSPS) is 16.9. The Morgan fingerprint density at radius 1 is 1.25 bits per heavy atom. The summed E-state index contributed by atoms with van der Waals surface area (Å²) in [5, 5.41) is 7.25. The third-order valence-corrected chi connectivity index (χ3v) is 5.36. The zero-order valence-corrected chi connectivity index (χ0v) is 16.1. The number of nitrogens with one attached hydrogen (secondary N) is 1. The summed E-state index contributed by atoms with van der Waals surface area (Å²) in [7, 11) is 1.86. The van der Waals surface area contributed by atoms with E-state index in [1.54, 1.807) is 10.9 Å². The Labute approximate surface area is 161 Å². The smallest absolute Gasteiger partial charge is 0.357 e. The van der Waals surface area contributed by atoms with Crippen LogP contribution in [0.25, 0.3) is 0 Å². The fraction of sp³-hybridized carbons (Fsp3) is 0.526. The number of halogens is 3. The third-order valence-electron chi connectivity index (χ3n) is 5.36. The standard InChI is InChI=1S/C19H24F3N5O/c1-12(16-11-24-26(3)13(16)2)25-18(28)14-6-8-27(9-7-14)17-5-4-15(10-23-17)19(20,21)22/h4-5,10-12,14H,6-9H2,1-3H3,(H,25,28). The SMILES string of the molecule is Cc1c(C(C)NC(=O)C2CCN(c3ccc(C(F)(F)F)cn3)CC2)cnn1C. The van der Waals surface area contributed by atoms with Gasteiger partial charge < -0.3 is 10.2 Å². The number of hydrogen-bond acceptors (Lipinski definition) is 4. The van der Waals surface area contributed by atoms with Crippen LogP contribution >= 0.6 is 0 Å². The molecule has 3 heterocycles. The quantitative estimate of drug-likeness (QED) is 0.863. The molecule has 1 amide bonds. The number of aryl methyl sites for hydroxylation is 1. The highest BCUT2D eigenvalue weighted by atomic mass is 19.4. The summed E-state index contributed by atoms with van der Waals surface area (Å²) < 4.78 is 39.7. The molecule has 0 saturated carbocycles. The highest BCUT2D eigenvalue weighted by Gasteiger charge is 2.31. The van der Waals surface area contributed by atoms with Crippen LogP contribution in [0.15, 0.2) is 24.5 Å². The van der Waals surface area contributed by atoms with E-state index < -0.39 is 11.7 Å². The lowest BCUT2D eigenvalue weighted by molar-refractivity contribution is -0.137. The number of alkyl halides is 3. The van der Waals surface area contributed by atoms with Crippen molar-refractivity contribution in [2.24, 2.45) is 13.0 Å². The van der Waals surface area contributed by atoms with E-state index in [4.69, 9.17) is 0 Å². The second-order valence-corrected chi connectivity index (χ2v) is 7.20. The van der Waals surface area contributed by atoms with E-state index in [9.17, 15) is 18.0 Å². The Hall–Kier alpha value is -2.58. The van der Waals surface area contributed by atoms with E-state index in [0.717, 1.165) is 23.5 Å². The monoisotopic (exact) mass is 395 g/mol. The maximum Gasteiger partial charge on any atom is 0.417 e. The number of carbonyl (C=O) groups is 1. The third kappa shape index (κ3) is 4.28. The van der Waals surface area contributed by atoms with Crippen LogP contribution in [0.1, 0.15) is 42.6 Å². The summed E-state index contributed by atoms with van der Waals surface area (Å²) in [6, 6.07) is 2.30. The zero-order valence-electron chi connectivity index (χ0n) is 16.1. The Bertz CT molecular complexity index is 823. The van der Waals surface area contributed by atoms with E-state index in [1.165, 1.54) is 6.07 Å². The average molecular weight is 395 g/mol. The molecule has 0 aliphatic carbocycles. The van der Waals surface area contributed by atoms with Crippen LogP contribution in [-0.2, 0) is 18.0 Å². The van der Waals surface area contributed by atoms with Crippen molar-refractivity contribution in [2.75, 3.05) is 18.0 Å². The maximum absolute atomic E-state index is 12.7. The number of hydrogen-bond donors (Lipinski definition) is 1. The number of nitrogens with zero attached hydrogens (tertiary/aromatic N) is 4. The molecule has 0 radical (unpaired) electrons. The lowest BCUT2D eigenvalue weighted by atomic mass is 9.95. The van der Waals surface area contributed by atoms with Crippen molar-refractivity contribution >= 4 is 11.7 Å². The Morgan fingerprint density at radius 3 is 2.43 bits per heavy atom. The summed E-state index contributed by atoms with van der Waals surface area (Å²) in [4.78, 5) is 18.5. The summed E-state index contributed by atoms with van der Waals surface area (Å²) in [5.74, 6) is 0.382. The van der Waals surface area contributed by atoms with Crippen molar-refractivity contribution in [1.82, 2.24) is 20.1 Å². The minimum atomic E-state index is -4.39. The molecule has 1 saturated heterocycles. The Balaban J connectivity index is 1.54. The molecular formula is C19H24F3N5O. The first-order valence-corrected chi connectivity index (χ1v) is 9.24. The fourth-order valence-corrected chi connectivity index (χ4v) is 3.46. The molecule has 6 nitrogen and oxygen atoms in total. The number of pyridine rings is 1. The lowest BCUT2D eigenvalue weighted by Crippen LogP contribution is -2.41. The number of anilines is 1. The lowest BCUT2D eigenvalue weighted by Gasteiger charge is -2.32. The van der Waals surface area contributed by atoms with Gasteiger partial charge in [-0.2, -0.15) is 18.3 Å². The summed E-state index contributed by atoms with van der Waals surface area (Å²) >= 11 is 0. The average Bonchev–Trinajstić information content (AvgIpc) is 3.00. The van der Waals surface area contributed by atoms with Gasteiger partial charge in [0.15, 0.2) is 0 Å². The minimum absolute atomic E-state index is 0.00391. The van der Waals surface area contributed by atoms with Gasteiger partial charge >= 0.3 is 6.18 Å². The summed E-state index contributed by atoms with van der Waals surface area (Å²) in [6.45, 7) is 5.05. The molecule has 2 aromatic heterocycles. The second-order valence-electron chi connectivity index (χ2n) is 7.20. The Morgan fingerprint density at radius 2 is 1.93 bits per heavy atom. The molecule has 152 valence electrons. The van der Waals surface area contributed by atoms with E-state index in [1.807, 2.05) is 25.8 Å². The van der Waals surface area contributed by atoms with Crippen LogP contribution in [0, 0.1) is 12.8 Å². The predicted octanol–water partition coefficient (Wildman–Crippen LogP) is 3.24. The number of rotatable bonds is 4. The molecule has 1 fully saturated rings. The number of carbonyl (C=O) groups excluding carboxylic acids is 1. The predicted molar refractivity (Wildman–Crippen MR) is 98.7 cm³/mol. The number of piperidine rings is 1. The molecule has 0 spiro atoms. The first kappa shape index (κ1) is 20.2. The summed E-state index contributed by atoms with van der Waals surface area (Å²) in [6.07, 6.45) is -0.508. The van der Waals surface area contributed by atoms with Crippen LogP contribution in [0.5, 0.6) is 0 Å². The van der Waals surface area contributed by atoms with Crippen LogP contribution in [-0.4, -0.2) is 33.8 Å². The van der Waals surface area contributed by atoms with Gasteiger partial charge in [-0.3, -0.25) is 9.48 Å². The minimum Gasteiger partial charge on any atom is -0.357 e. The van der Waals surface area contributed by atoms with Crippen LogP contribution in [0.3, 0.4) is 0 Å².